The van der Waals surface area contributed by atoms with Crippen LogP contribution in [-0.2, 0) is 9.59 Å². The van der Waals surface area contributed by atoms with Crippen molar-refractivity contribution in [2.45, 2.75) is 30.8 Å². The van der Waals surface area contributed by atoms with Crippen LogP contribution in [0.25, 0.3) is 10.9 Å². The maximum absolute atomic E-state index is 11.0. The van der Waals surface area contributed by atoms with Crippen molar-refractivity contribution < 1.29 is 19.8 Å². The van der Waals surface area contributed by atoms with Crippen LogP contribution in [0.4, 0.5) is 0 Å². The smallest absolute Gasteiger partial charge is 0.320 e. The number of hydrogen-bond acceptors (Lipinski definition) is 5. The van der Waals surface area contributed by atoms with E-state index in [2.05, 4.69) is 4.98 Å². The second-order valence-electron chi connectivity index (χ2n) is 5.49. The van der Waals surface area contributed by atoms with Gasteiger partial charge in [-0.25, -0.2) is 0 Å². The number of carbonyl (C=O) groups is 2. The lowest BCUT2D eigenvalue weighted by molar-refractivity contribution is -0.139. The van der Waals surface area contributed by atoms with Crippen molar-refractivity contribution >= 4 is 22.8 Å². The molecule has 0 saturated heterocycles. The fraction of sp³-hybridized carbons (Fsp3) is 0.312. The Morgan fingerprint density at radius 3 is 2.09 bits per heavy atom. The SMILES string of the molecule is NC(CC(CC(N)C(=O)O)c1ccc2ccccc2n1)C(=O)O. The van der Waals surface area contributed by atoms with Crippen LogP contribution in [0.1, 0.15) is 24.5 Å². The largest absolute Gasteiger partial charge is 0.480 e. The van der Waals surface area contributed by atoms with Gasteiger partial charge in [0.2, 0.25) is 0 Å². The Morgan fingerprint density at radius 1 is 0.957 bits per heavy atom. The molecule has 0 aliphatic carbocycles. The van der Waals surface area contributed by atoms with Crippen LogP contribution in [0, 0.1) is 0 Å². The van der Waals surface area contributed by atoms with Gasteiger partial charge in [0.15, 0.2) is 0 Å². The quantitative estimate of drug-likeness (QED) is 0.595. The molecular formula is C16H19N3O4. The van der Waals surface area contributed by atoms with E-state index in [0.717, 1.165) is 10.9 Å². The third-order valence-corrected chi connectivity index (χ3v) is 3.75. The van der Waals surface area contributed by atoms with E-state index in [0.29, 0.717) is 5.69 Å². The molecule has 2 rings (SSSR count). The van der Waals surface area contributed by atoms with Gasteiger partial charge in [-0.2, -0.15) is 0 Å². The number of fused-ring (bicyclic) bond motifs is 1. The summed E-state index contributed by atoms with van der Waals surface area (Å²) in [5.41, 5.74) is 12.6. The van der Waals surface area contributed by atoms with Crippen molar-refractivity contribution in [1.29, 1.82) is 0 Å². The van der Waals surface area contributed by atoms with Gasteiger partial charge in [0.25, 0.3) is 0 Å². The topological polar surface area (TPSA) is 140 Å². The van der Waals surface area contributed by atoms with E-state index in [-0.39, 0.29) is 12.8 Å². The normalized spacial score (nSPS) is 15.0. The maximum Gasteiger partial charge on any atom is 0.320 e. The van der Waals surface area contributed by atoms with Crippen molar-refractivity contribution in [1.82, 2.24) is 4.98 Å². The highest BCUT2D eigenvalue weighted by molar-refractivity contribution is 5.78. The molecular weight excluding hydrogens is 298 g/mol. The molecule has 0 aliphatic heterocycles. The zero-order valence-electron chi connectivity index (χ0n) is 12.4. The van der Waals surface area contributed by atoms with Crippen LogP contribution in [0.2, 0.25) is 0 Å². The zero-order valence-corrected chi connectivity index (χ0v) is 12.4. The maximum atomic E-state index is 11.0. The lowest BCUT2D eigenvalue weighted by Gasteiger charge is -2.21. The first-order valence-corrected chi connectivity index (χ1v) is 7.21. The molecule has 2 unspecified atom stereocenters. The molecule has 0 amide bonds. The average molecular weight is 317 g/mol. The van der Waals surface area contributed by atoms with Crippen molar-refractivity contribution in [3.63, 3.8) is 0 Å². The van der Waals surface area contributed by atoms with Crippen LogP contribution in [0.3, 0.4) is 0 Å². The molecule has 7 nitrogen and oxygen atoms in total. The molecule has 6 N–H and O–H groups in total. The lowest BCUT2D eigenvalue weighted by atomic mass is 9.89. The average Bonchev–Trinajstić information content (AvgIpc) is 2.53. The third-order valence-electron chi connectivity index (χ3n) is 3.75. The monoisotopic (exact) mass is 317 g/mol. The summed E-state index contributed by atoms with van der Waals surface area (Å²) < 4.78 is 0. The van der Waals surface area contributed by atoms with Gasteiger partial charge >= 0.3 is 11.9 Å². The van der Waals surface area contributed by atoms with Gasteiger partial charge in [-0.3, -0.25) is 14.6 Å². The third kappa shape index (κ3) is 4.24. The Kier molecular flexibility index (Phi) is 5.25. The summed E-state index contributed by atoms with van der Waals surface area (Å²) in [5.74, 6) is -2.73. The first kappa shape index (κ1) is 16.9. The highest BCUT2D eigenvalue weighted by Gasteiger charge is 2.26. The summed E-state index contributed by atoms with van der Waals surface area (Å²) in [6.07, 6.45) is 0.142. The summed E-state index contributed by atoms with van der Waals surface area (Å²) in [6, 6.07) is 8.90. The second kappa shape index (κ2) is 7.17. The standard InChI is InChI=1S/C16H19N3O4/c17-11(15(20)21)7-10(8-12(18)16(22)23)14-6-5-9-3-1-2-4-13(9)19-14/h1-6,10-12H,7-8,17-18H2,(H,20,21)(H,22,23). The zero-order chi connectivity index (χ0) is 17.0. The molecule has 0 bridgehead atoms. The minimum atomic E-state index is -1.14. The van der Waals surface area contributed by atoms with E-state index in [1.807, 2.05) is 30.3 Å². The Hall–Kier alpha value is -2.51. The van der Waals surface area contributed by atoms with Crippen LogP contribution >= 0.6 is 0 Å². The second-order valence-corrected chi connectivity index (χ2v) is 5.49. The molecule has 0 fully saturated rings. The van der Waals surface area contributed by atoms with Crippen LogP contribution in [0.5, 0.6) is 0 Å². The fourth-order valence-electron chi connectivity index (χ4n) is 2.46. The molecule has 0 spiro atoms. The number of pyridine rings is 1. The molecule has 122 valence electrons. The van der Waals surface area contributed by atoms with Gasteiger partial charge in [-0.15, -0.1) is 0 Å². The summed E-state index contributed by atoms with van der Waals surface area (Å²) in [5, 5.41) is 18.9. The molecule has 1 aromatic heterocycles. The summed E-state index contributed by atoms with van der Waals surface area (Å²) in [6.45, 7) is 0. The molecule has 2 aromatic rings. The minimum absolute atomic E-state index is 0.0711. The van der Waals surface area contributed by atoms with Gasteiger partial charge in [0.05, 0.1) is 5.52 Å². The van der Waals surface area contributed by atoms with E-state index >= 15 is 0 Å². The molecule has 1 heterocycles. The van der Waals surface area contributed by atoms with E-state index in [1.54, 1.807) is 6.07 Å². The molecule has 0 saturated carbocycles. The molecule has 23 heavy (non-hydrogen) atoms. The first-order valence-electron chi connectivity index (χ1n) is 7.21. The van der Waals surface area contributed by atoms with Gasteiger partial charge in [-0.05, 0) is 25.0 Å². The van der Waals surface area contributed by atoms with Crippen LogP contribution in [-0.4, -0.2) is 39.2 Å². The molecule has 0 radical (unpaired) electrons. The van der Waals surface area contributed by atoms with Crippen molar-refractivity contribution in [2.24, 2.45) is 11.5 Å². The Labute approximate surface area is 132 Å². The highest BCUT2D eigenvalue weighted by Crippen LogP contribution is 2.26. The van der Waals surface area contributed by atoms with Crippen molar-refractivity contribution in [2.75, 3.05) is 0 Å². The number of aromatic nitrogens is 1. The van der Waals surface area contributed by atoms with Gasteiger partial charge < -0.3 is 21.7 Å². The summed E-state index contributed by atoms with van der Waals surface area (Å²) >= 11 is 0. The number of carboxylic acids is 2. The van der Waals surface area contributed by atoms with E-state index in [4.69, 9.17) is 21.7 Å². The number of hydrogen-bond donors (Lipinski definition) is 4. The van der Waals surface area contributed by atoms with Gasteiger partial charge in [0.1, 0.15) is 12.1 Å². The number of carboxylic acid groups (broad SMARTS) is 2. The van der Waals surface area contributed by atoms with Crippen molar-refractivity contribution in [3.05, 3.63) is 42.1 Å². The number of rotatable bonds is 7. The van der Waals surface area contributed by atoms with Crippen LogP contribution in [0.15, 0.2) is 36.4 Å². The van der Waals surface area contributed by atoms with Crippen LogP contribution < -0.4 is 11.5 Å². The molecule has 7 heteroatoms. The Balaban J connectivity index is 2.32. The first-order chi connectivity index (χ1) is 10.9. The van der Waals surface area contributed by atoms with E-state index in [9.17, 15) is 9.59 Å². The Bertz CT molecular complexity index is 697. The number of para-hydroxylation sites is 1. The number of benzene rings is 1. The predicted molar refractivity (Wildman–Crippen MR) is 84.9 cm³/mol. The minimum Gasteiger partial charge on any atom is -0.480 e. The highest BCUT2D eigenvalue weighted by atomic mass is 16.4. The van der Waals surface area contributed by atoms with Gasteiger partial charge in [0, 0.05) is 17.0 Å². The van der Waals surface area contributed by atoms with E-state index in [1.165, 1.54) is 0 Å². The lowest BCUT2D eigenvalue weighted by Crippen LogP contribution is -2.36. The molecule has 2 atom stereocenters. The predicted octanol–water partition coefficient (Wildman–Crippen LogP) is 0.922. The summed E-state index contributed by atoms with van der Waals surface area (Å²) in [7, 11) is 0. The Morgan fingerprint density at radius 2 is 1.52 bits per heavy atom. The fourth-order valence-corrected chi connectivity index (χ4v) is 2.46. The van der Waals surface area contributed by atoms with E-state index < -0.39 is 29.9 Å². The molecule has 1 aromatic carbocycles. The summed E-state index contributed by atoms with van der Waals surface area (Å²) in [4.78, 5) is 26.5. The van der Waals surface area contributed by atoms with Gasteiger partial charge in [-0.1, -0.05) is 24.3 Å². The van der Waals surface area contributed by atoms with Crippen molar-refractivity contribution in [3.8, 4) is 0 Å². The number of nitrogens with zero attached hydrogens (tertiary/aromatic N) is 1. The molecule has 0 aliphatic rings. The number of nitrogens with two attached hydrogens (primary N) is 2. The number of aliphatic carboxylic acids is 2.